The van der Waals surface area contributed by atoms with E-state index in [-0.39, 0.29) is 0 Å². The molecule has 0 amide bonds. The first-order valence-electron chi connectivity index (χ1n) is 4.04. The van der Waals surface area contributed by atoms with Gasteiger partial charge in [-0.3, -0.25) is 0 Å². The monoisotopic (exact) mass is 185 g/mol. The second-order valence-electron chi connectivity index (χ2n) is 2.64. The summed E-state index contributed by atoms with van der Waals surface area (Å²) in [5, 5.41) is 0. The molecule has 0 fully saturated rings. The van der Waals surface area contributed by atoms with Crippen LogP contribution in [0.1, 0.15) is 5.56 Å². The number of benzene rings is 1. The van der Waals surface area contributed by atoms with Crippen LogP contribution in [-0.2, 0) is 11.2 Å². The molecule has 13 heavy (non-hydrogen) atoms. The fourth-order valence-electron chi connectivity index (χ4n) is 1.05. The van der Waals surface area contributed by atoms with E-state index in [1.54, 1.807) is 0 Å². The van der Waals surface area contributed by atoms with E-state index in [1.807, 2.05) is 0 Å². The molecule has 0 aliphatic heterocycles. The van der Waals surface area contributed by atoms with E-state index in [0.29, 0.717) is 25.2 Å². The highest BCUT2D eigenvalue weighted by Crippen LogP contribution is 2.08. The van der Waals surface area contributed by atoms with Crippen LogP contribution in [0.5, 0.6) is 0 Å². The van der Waals surface area contributed by atoms with Crippen molar-refractivity contribution in [3.8, 4) is 0 Å². The van der Waals surface area contributed by atoms with Crippen molar-refractivity contribution in [3.63, 3.8) is 0 Å². The molecule has 0 atom stereocenters. The lowest BCUT2D eigenvalue weighted by molar-refractivity contribution is 0.164. The van der Waals surface area contributed by atoms with Crippen LogP contribution < -0.4 is 0 Å². The molecule has 1 nitrogen and oxygen atoms in total. The summed E-state index contributed by atoms with van der Waals surface area (Å²) >= 11 is 0. The largest absolute Gasteiger partial charge is 0.381 e. The summed E-state index contributed by atoms with van der Waals surface area (Å²) in [7, 11) is 0. The van der Waals surface area contributed by atoms with Crippen LogP contribution >= 0.6 is 0 Å². The molecule has 3 heteroatoms. The lowest BCUT2D eigenvalue weighted by Gasteiger charge is -2.02. The van der Waals surface area contributed by atoms with Gasteiger partial charge in [-0.15, -0.1) is 0 Å². The number of ether oxygens (including phenoxy) is 1. The predicted molar refractivity (Wildman–Crippen MR) is 46.2 cm³/mol. The van der Waals surface area contributed by atoms with Crippen molar-refractivity contribution in [1.82, 2.24) is 0 Å². The molecule has 1 aromatic carbocycles. The van der Waals surface area contributed by atoms with E-state index in [9.17, 15) is 8.78 Å². The normalized spacial score (nSPS) is 10.4. The second kappa shape index (κ2) is 4.92. The zero-order valence-electron chi connectivity index (χ0n) is 7.22. The Morgan fingerprint density at radius 3 is 2.31 bits per heavy atom. The molecule has 1 aromatic rings. The zero-order valence-corrected chi connectivity index (χ0v) is 7.22. The maximum atomic E-state index is 12.6. The number of hydrogen-bond acceptors (Lipinski definition) is 1. The van der Waals surface area contributed by atoms with E-state index in [2.05, 4.69) is 6.92 Å². The van der Waals surface area contributed by atoms with Gasteiger partial charge in [-0.25, -0.2) is 8.78 Å². The van der Waals surface area contributed by atoms with Crippen LogP contribution in [0.25, 0.3) is 0 Å². The van der Waals surface area contributed by atoms with Crippen LogP contribution in [0.4, 0.5) is 8.78 Å². The van der Waals surface area contributed by atoms with Crippen molar-refractivity contribution in [2.75, 3.05) is 13.2 Å². The van der Waals surface area contributed by atoms with E-state index in [4.69, 9.17) is 4.74 Å². The standard InChI is InChI=1S/C10H11F2O/c1-2-13-4-3-8-5-9(11)7-10(12)6-8/h5-7H,1-4H2. The fourth-order valence-corrected chi connectivity index (χ4v) is 1.05. The number of hydrogen-bond donors (Lipinski definition) is 0. The SMILES string of the molecule is [CH2]COCCc1cc(F)cc(F)c1. The minimum Gasteiger partial charge on any atom is -0.381 e. The Balaban J connectivity index is 2.56. The molecule has 1 rings (SSSR count). The van der Waals surface area contributed by atoms with E-state index in [1.165, 1.54) is 12.1 Å². The maximum Gasteiger partial charge on any atom is 0.126 e. The minimum absolute atomic E-state index is 0.373. The highest BCUT2D eigenvalue weighted by molar-refractivity contribution is 5.17. The maximum absolute atomic E-state index is 12.6. The first-order valence-corrected chi connectivity index (χ1v) is 4.04. The highest BCUT2D eigenvalue weighted by Gasteiger charge is 1.99. The van der Waals surface area contributed by atoms with Crippen LogP contribution in [-0.4, -0.2) is 13.2 Å². The minimum atomic E-state index is -0.551. The lowest BCUT2D eigenvalue weighted by atomic mass is 10.1. The van der Waals surface area contributed by atoms with Crippen molar-refractivity contribution in [3.05, 3.63) is 42.3 Å². The third kappa shape index (κ3) is 3.51. The molecular formula is C10H11F2O. The Labute approximate surface area is 76.3 Å². The molecule has 0 heterocycles. The number of rotatable bonds is 4. The smallest absolute Gasteiger partial charge is 0.126 e. The van der Waals surface area contributed by atoms with Crippen molar-refractivity contribution in [2.24, 2.45) is 0 Å². The van der Waals surface area contributed by atoms with Gasteiger partial charge in [0.2, 0.25) is 0 Å². The summed E-state index contributed by atoms with van der Waals surface area (Å²) in [6.45, 7) is 4.29. The third-order valence-electron chi connectivity index (χ3n) is 1.60. The van der Waals surface area contributed by atoms with Crippen molar-refractivity contribution in [1.29, 1.82) is 0 Å². The van der Waals surface area contributed by atoms with Crippen LogP contribution in [0.3, 0.4) is 0 Å². The molecule has 0 saturated heterocycles. The van der Waals surface area contributed by atoms with E-state index in [0.717, 1.165) is 6.07 Å². The van der Waals surface area contributed by atoms with Crippen molar-refractivity contribution >= 4 is 0 Å². The highest BCUT2D eigenvalue weighted by atomic mass is 19.1. The molecule has 0 bridgehead atoms. The summed E-state index contributed by atoms with van der Waals surface area (Å²) in [6, 6.07) is 3.46. The fraction of sp³-hybridized carbons (Fsp3) is 0.300. The van der Waals surface area contributed by atoms with Gasteiger partial charge in [0.25, 0.3) is 0 Å². The molecule has 0 spiro atoms. The summed E-state index contributed by atoms with van der Waals surface area (Å²) in [5.41, 5.74) is 0.603. The van der Waals surface area contributed by atoms with Gasteiger partial charge < -0.3 is 4.74 Å². The average Bonchev–Trinajstić information content (AvgIpc) is 2.03. The molecular weight excluding hydrogens is 174 g/mol. The van der Waals surface area contributed by atoms with Gasteiger partial charge >= 0.3 is 0 Å². The van der Waals surface area contributed by atoms with Gasteiger partial charge in [-0.2, -0.15) is 0 Å². The molecule has 71 valence electrons. The van der Waals surface area contributed by atoms with Gasteiger partial charge in [0.15, 0.2) is 0 Å². The van der Waals surface area contributed by atoms with Gasteiger partial charge in [-0.1, -0.05) is 0 Å². The molecule has 0 aliphatic rings. The molecule has 0 aliphatic carbocycles. The van der Waals surface area contributed by atoms with E-state index < -0.39 is 11.6 Å². The Morgan fingerprint density at radius 1 is 1.15 bits per heavy atom. The van der Waals surface area contributed by atoms with Gasteiger partial charge in [0, 0.05) is 12.7 Å². The summed E-state index contributed by atoms with van der Waals surface area (Å²) in [4.78, 5) is 0. The Bertz CT molecular complexity index is 253. The second-order valence-corrected chi connectivity index (χ2v) is 2.64. The molecule has 1 radical (unpaired) electrons. The molecule has 0 N–H and O–H groups in total. The summed E-state index contributed by atoms with van der Waals surface area (Å²) in [6.07, 6.45) is 0.504. The van der Waals surface area contributed by atoms with Gasteiger partial charge in [0.1, 0.15) is 11.6 Å². The topological polar surface area (TPSA) is 9.23 Å². The third-order valence-corrected chi connectivity index (χ3v) is 1.60. The summed E-state index contributed by atoms with van der Waals surface area (Å²) < 4.78 is 30.2. The van der Waals surface area contributed by atoms with Crippen LogP contribution in [0.2, 0.25) is 0 Å². The molecule has 0 saturated carbocycles. The first-order chi connectivity index (χ1) is 6.22. The Kier molecular flexibility index (Phi) is 3.83. The molecule has 0 aromatic heterocycles. The number of halogens is 2. The Morgan fingerprint density at radius 2 is 1.77 bits per heavy atom. The summed E-state index contributed by atoms with van der Waals surface area (Å²) in [5.74, 6) is -1.10. The quantitative estimate of drug-likeness (QED) is 0.654. The average molecular weight is 185 g/mol. The predicted octanol–water partition coefficient (Wildman–Crippen LogP) is 2.36. The van der Waals surface area contributed by atoms with Crippen molar-refractivity contribution < 1.29 is 13.5 Å². The van der Waals surface area contributed by atoms with Crippen LogP contribution in [0, 0.1) is 18.6 Å². The van der Waals surface area contributed by atoms with Crippen LogP contribution in [0.15, 0.2) is 18.2 Å². The van der Waals surface area contributed by atoms with Gasteiger partial charge in [-0.05, 0) is 31.0 Å². The lowest BCUT2D eigenvalue weighted by Crippen LogP contribution is -1.98. The molecule has 0 unspecified atom stereocenters. The van der Waals surface area contributed by atoms with Gasteiger partial charge in [0.05, 0.1) is 6.61 Å². The Hall–Kier alpha value is -0.960. The van der Waals surface area contributed by atoms with E-state index >= 15 is 0 Å². The van der Waals surface area contributed by atoms with Crippen molar-refractivity contribution in [2.45, 2.75) is 6.42 Å². The first kappa shape index (κ1) is 10.1. The zero-order chi connectivity index (χ0) is 9.68.